The molecule has 0 saturated heterocycles. The minimum Gasteiger partial charge on any atom is -0.368 e. The molecular weight excluding hydrogens is 364 g/mol. The summed E-state index contributed by atoms with van der Waals surface area (Å²) in [5, 5.41) is 7.78. The van der Waals surface area contributed by atoms with Gasteiger partial charge in [0.25, 0.3) is 0 Å². The summed E-state index contributed by atoms with van der Waals surface area (Å²) < 4.78 is 1.73. The van der Waals surface area contributed by atoms with Crippen molar-refractivity contribution in [3.05, 3.63) is 11.8 Å². The van der Waals surface area contributed by atoms with Crippen LogP contribution in [0.4, 0.5) is 11.9 Å². The van der Waals surface area contributed by atoms with Crippen LogP contribution in [-0.4, -0.2) is 56.7 Å². The lowest BCUT2D eigenvalue weighted by molar-refractivity contribution is 0.229. The maximum atomic E-state index is 6.03. The fraction of sp³-hybridized carbons (Fsp3) is 0.762. The van der Waals surface area contributed by atoms with Crippen molar-refractivity contribution in [3.63, 3.8) is 0 Å². The van der Waals surface area contributed by atoms with E-state index in [0.29, 0.717) is 12.0 Å². The number of rotatable bonds is 4. The van der Waals surface area contributed by atoms with Gasteiger partial charge in [0.05, 0.1) is 6.20 Å². The molecule has 4 rings (SSSR count). The van der Waals surface area contributed by atoms with Crippen LogP contribution in [0.2, 0.25) is 0 Å². The van der Waals surface area contributed by atoms with Gasteiger partial charge in [-0.25, -0.2) is 0 Å². The van der Waals surface area contributed by atoms with Crippen LogP contribution in [-0.2, 0) is 6.42 Å². The molecule has 8 heteroatoms. The van der Waals surface area contributed by atoms with E-state index in [0.717, 1.165) is 49.4 Å². The zero-order chi connectivity index (χ0) is 20.8. The van der Waals surface area contributed by atoms with E-state index >= 15 is 0 Å². The minimum atomic E-state index is 0.264. The molecule has 2 fully saturated rings. The number of nitrogens with one attached hydrogen (secondary N) is 1. The predicted octanol–water partition coefficient (Wildman–Crippen LogP) is 2.83. The Hall–Kier alpha value is -1.93. The van der Waals surface area contributed by atoms with Crippen LogP contribution >= 0.6 is 0 Å². The third-order valence-corrected chi connectivity index (χ3v) is 6.19. The summed E-state index contributed by atoms with van der Waals surface area (Å²) in [5.74, 6) is 0.932. The van der Waals surface area contributed by atoms with Crippen LogP contribution in [0.15, 0.2) is 6.20 Å². The zero-order valence-electron chi connectivity index (χ0n) is 18.3. The number of hydrogen-bond acceptors (Lipinski definition) is 7. The number of nitrogens with two attached hydrogens (primary N) is 2. The number of nitrogens with zero attached hydrogens (tertiary/aromatic N) is 5. The highest BCUT2D eigenvalue weighted by Gasteiger charge is 2.21. The number of hydrogen-bond donors (Lipinski definition) is 3. The average Bonchev–Trinajstić information content (AvgIpc) is 3.12. The topological polar surface area (TPSA) is 110 Å². The van der Waals surface area contributed by atoms with Gasteiger partial charge >= 0.3 is 0 Å². The summed E-state index contributed by atoms with van der Waals surface area (Å²) >= 11 is 0. The Bertz CT molecular complexity index is 765. The van der Waals surface area contributed by atoms with Crippen molar-refractivity contribution in [2.75, 3.05) is 25.1 Å². The molecule has 0 spiro atoms. The smallest absolute Gasteiger partial charge is 0.229 e. The molecule has 2 aromatic heterocycles. The number of anilines is 2. The highest BCUT2D eigenvalue weighted by molar-refractivity contribution is 5.53. The van der Waals surface area contributed by atoms with Crippen LogP contribution in [0, 0.1) is 0 Å². The maximum absolute atomic E-state index is 6.03. The van der Waals surface area contributed by atoms with Gasteiger partial charge in [-0.15, -0.1) is 0 Å². The Morgan fingerprint density at radius 3 is 2.48 bits per heavy atom. The summed E-state index contributed by atoms with van der Waals surface area (Å²) in [6, 6.07) is 1.48. The molecule has 5 N–H and O–H groups in total. The summed E-state index contributed by atoms with van der Waals surface area (Å²) in [4.78, 5) is 10.9. The van der Waals surface area contributed by atoms with Crippen LogP contribution in [0.25, 0.3) is 5.65 Å². The van der Waals surface area contributed by atoms with Crippen molar-refractivity contribution in [3.8, 4) is 0 Å². The van der Waals surface area contributed by atoms with Crippen molar-refractivity contribution in [2.24, 2.45) is 5.73 Å². The van der Waals surface area contributed by atoms with Gasteiger partial charge < -0.3 is 21.7 Å². The lowest BCUT2D eigenvalue weighted by Gasteiger charge is -2.27. The van der Waals surface area contributed by atoms with E-state index in [1.54, 1.807) is 4.52 Å². The number of aryl methyl sites for hydroxylation is 1. The van der Waals surface area contributed by atoms with E-state index in [2.05, 4.69) is 46.3 Å². The normalized spacial score (nSPS) is 23.1. The number of fused-ring (bicyclic) bond motifs is 1. The van der Waals surface area contributed by atoms with E-state index in [9.17, 15) is 0 Å². The first-order valence-corrected chi connectivity index (χ1v) is 11.2. The second kappa shape index (κ2) is 10.2. The second-order valence-corrected chi connectivity index (χ2v) is 8.69. The van der Waals surface area contributed by atoms with Crippen molar-refractivity contribution >= 4 is 17.5 Å². The monoisotopic (exact) mass is 402 g/mol. The molecule has 2 aliphatic carbocycles. The van der Waals surface area contributed by atoms with Gasteiger partial charge in [0, 0.05) is 23.7 Å². The van der Waals surface area contributed by atoms with Crippen molar-refractivity contribution < 1.29 is 0 Å². The average molecular weight is 403 g/mol. The molecule has 2 heterocycles. The highest BCUT2D eigenvalue weighted by Crippen LogP contribution is 2.22. The van der Waals surface area contributed by atoms with Crippen LogP contribution in [0.3, 0.4) is 0 Å². The number of nitrogen functional groups attached to an aromatic ring is 1. The minimum absolute atomic E-state index is 0.264. The van der Waals surface area contributed by atoms with Gasteiger partial charge in [-0.05, 0) is 59.0 Å². The van der Waals surface area contributed by atoms with Crippen molar-refractivity contribution in [2.45, 2.75) is 89.3 Å². The standard InChI is InChI=1S/C13H21N7.C8H17N/c1-2-8-7-16-20-11(8)18-12(15)19-13(20)17-10-5-3-4-9(14)6-10;1-9(2)8-6-4-3-5-7-8/h7,9-10H,2-6,14H2,1H3,(H3,15,17,18,19);8H,3-7H2,1-2H3. The highest BCUT2D eigenvalue weighted by atomic mass is 15.4. The Labute approximate surface area is 174 Å². The molecule has 0 aromatic carbocycles. The molecule has 29 heavy (non-hydrogen) atoms. The molecule has 0 aliphatic heterocycles. The Balaban J connectivity index is 0.000000224. The second-order valence-electron chi connectivity index (χ2n) is 8.69. The molecular formula is C21H38N8. The van der Waals surface area contributed by atoms with Gasteiger partial charge in [-0.1, -0.05) is 26.2 Å². The summed E-state index contributed by atoms with van der Waals surface area (Å²) in [5.41, 5.74) is 13.7. The van der Waals surface area contributed by atoms with E-state index in [4.69, 9.17) is 11.5 Å². The Morgan fingerprint density at radius 2 is 1.86 bits per heavy atom. The molecule has 0 amide bonds. The van der Waals surface area contributed by atoms with Gasteiger partial charge in [0.1, 0.15) is 0 Å². The molecule has 0 bridgehead atoms. The Morgan fingerprint density at radius 1 is 1.10 bits per heavy atom. The SMILES string of the molecule is CCc1cnn2c(NC3CCCC(N)C3)nc(N)nc12.CN(C)C1CCCCC1. The first-order valence-electron chi connectivity index (χ1n) is 11.2. The van der Waals surface area contributed by atoms with Crippen molar-refractivity contribution in [1.29, 1.82) is 0 Å². The third kappa shape index (κ3) is 5.79. The first kappa shape index (κ1) is 21.8. The molecule has 8 nitrogen and oxygen atoms in total. The summed E-state index contributed by atoms with van der Waals surface area (Å²) in [6.07, 6.45) is 14.2. The molecule has 2 unspecified atom stereocenters. The summed E-state index contributed by atoms with van der Waals surface area (Å²) in [7, 11) is 4.38. The van der Waals surface area contributed by atoms with Gasteiger partial charge in [0.15, 0.2) is 5.65 Å². The van der Waals surface area contributed by atoms with E-state index in [1.165, 1.54) is 32.1 Å². The van der Waals surface area contributed by atoms with Crippen LogP contribution in [0.5, 0.6) is 0 Å². The quantitative estimate of drug-likeness (QED) is 0.721. The van der Waals surface area contributed by atoms with Gasteiger partial charge in [-0.3, -0.25) is 0 Å². The molecule has 2 aliphatic rings. The van der Waals surface area contributed by atoms with Gasteiger partial charge in [0.2, 0.25) is 11.9 Å². The largest absolute Gasteiger partial charge is 0.368 e. The first-order chi connectivity index (χ1) is 14.0. The lowest BCUT2D eigenvalue weighted by Crippen LogP contribution is -2.35. The molecule has 2 aromatic rings. The van der Waals surface area contributed by atoms with E-state index in [-0.39, 0.29) is 12.0 Å². The van der Waals surface area contributed by atoms with E-state index in [1.807, 2.05) is 6.20 Å². The molecule has 0 radical (unpaired) electrons. The third-order valence-electron chi connectivity index (χ3n) is 6.19. The van der Waals surface area contributed by atoms with Crippen molar-refractivity contribution in [1.82, 2.24) is 24.5 Å². The van der Waals surface area contributed by atoms with Crippen LogP contribution in [0.1, 0.15) is 70.3 Å². The fourth-order valence-electron chi connectivity index (χ4n) is 4.42. The Kier molecular flexibility index (Phi) is 7.66. The zero-order valence-corrected chi connectivity index (χ0v) is 18.3. The molecule has 162 valence electrons. The van der Waals surface area contributed by atoms with E-state index < -0.39 is 0 Å². The van der Waals surface area contributed by atoms with Gasteiger partial charge in [-0.2, -0.15) is 19.6 Å². The predicted molar refractivity (Wildman–Crippen MR) is 119 cm³/mol. The summed E-state index contributed by atoms with van der Waals surface area (Å²) in [6.45, 7) is 2.07. The molecule has 2 atom stereocenters. The fourth-order valence-corrected chi connectivity index (χ4v) is 4.42. The number of aromatic nitrogens is 4. The lowest BCUT2D eigenvalue weighted by atomic mass is 9.92. The maximum Gasteiger partial charge on any atom is 0.229 e. The van der Waals surface area contributed by atoms with Crippen LogP contribution < -0.4 is 16.8 Å². The molecule has 2 saturated carbocycles.